The van der Waals surface area contributed by atoms with E-state index in [2.05, 4.69) is 65.8 Å². The maximum Gasteiger partial charge on any atom is 0.472 e. The minimum absolute atomic E-state index is 0.0851. The summed E-state index contributed by atoms with van der Waals surface area (Å²) in [6.07, 6.45) is 80.1. The van der Waals surface area contributed by atoms with Crippen LogP contribution in [-0.2, 0) is 65.4 Å². The number of hydrogen-bond donors (Lipinski definition) is 3. The fourth-order valence-corrected chi connectivity index (χ4v) is 15.5. The first kappa shape index (κ1) is 109. The van der Waals surface area contributed by atoms with Crippen LogP contribution in [0.2, 0.25) is 0 Å². The van der Waals surface area contributed by atoms with Crippen LogP contribution in [0.25, 0.3) is 0 Å². The summed E-state index contributed by atoms with van der Waals surface area (Å²) in [7, 11) is -9.95. The lowest BCUT2D eigenvalue weighted by Gasteiger charge is -2.21. The second-order valence-corrected chi connectivity index (χ2v) is 36.0. The van der Waals surface area contributed by atoms with Crippen molar-refractivity contribution in [3.63, 3.8) is 0 Å². The minimum Gasteiger partial charge on any atom is -0.462 e. The number of carbonyl (C=O) groups excluding carboxylic acids is 4. The Labute approximate surface area is 682 Å². The van der Waals surface area contributed by atoms with Crippen molar-refractivity contribution in [1.29, 1.82) is 0 Å². The highest BCUT2D eigenvalue weighted by atomic mass is 31.2. The number of aliphatic hydroxyl groups is 1. The lowest BCUT2D eigenvalue weighted by Crippen LogP contribution is -2.30. The molecule has 0 spiro atoms. The molecule has 0 heterocycles. The summed E-state index contributed by atoms with van der Waals surface area (Å²) in [5.41, 5.74) is 0. The number of carbonyl (C=O) groups is 4. The molecule has 0 aliphatic heterocycles. The molecule has 0 amide bonds. The van der Waals surface area contributed by atoms with Crippen LogP contribution in [0, 0.1) is 11.8 Å². The zero-order chi connectivity index (χ0) is 81.3. The SMILES string of the molecule is CCCCCC/C=C\C=C/CCCCCCCC(=O)O[C@H](COC(=O)CCCCCCCCCCCC(C)C)COP(=O)(O)OC[C@H](O)COP(=O)(O)OC[C@@H](COC(=O)CCCCCCCCCCCCCCCCCCCCCCCC)OC(=O)CCCCCCCCCCCCCCCCCCCCC(C)CC. The van der Waals surface area contributed by atoms with Crippen LogP contribution in [0.5, 0.6) is 0 Å². The second-order valence-electron chi connectivity index (χ2n) is 33.1. The van der Waals surface area contributed by atoms with Crippen molar-refractivity contribution in [2.45, 2.75) is 490 Å². The molecule has 0 aliphatic rings. The summed E-state index contributed by atoms with van der Waals surface area (Å²) >= 11 is 0. The molecule has 0 rings (SSSR count). The normalized spacial score (nSPS) is 14.1. The first-order chi connectivity index (χ1) is 53.9. The van der Waals surface area contributed by atoms with Crippen LogP contribution in [-0.4, -0.2) is 96.7 Å². The van der Waals surface area contributed by atoms with Gasteiger partial charge in [0.1, 0.15) is 19.3 Å². The van der Waals surface area contributed by atoms with E-state index in [0.717, 1.165) is 115 Å². The van der Waals surface area contributed by atoms with Crippen molar-refractivity contribution >= 4 is 39.5 Å². The number of allylic oxidation sites excluding steroid dienone is 4. The molecule has 19 heteroatoms. The van der Waals surface area contributed by atoms with Crippen molar-refractivity contribution in [2.24, 2.45) is 11.8 Å². The Morgan fingerprint density at radius 3 is 0.811 bits per heavy atom. The quantitative estimate of drug-likeness (QED) is 0.0169. The number of hydrogen-bond acceptors (Lipinski definition) is 15. The van der Waals surface area contributed by atoms with E-state index >= 15 is 0 Å². The highest BCUT2D eigenvalue weighted by Gasteiger charge is 2.31. The molecule has 3 unspecified atom stereocenters. The van der Waals surface area contributed by atoms with Crippen molar-refractivity contribution in [3.05, 3.63) is 24.3 Å². The summed E-state index contributed by atoms with van der Waals surface area (Å²) in [5.74, 6) is -0.517. The van der Waals surface area contributed by atoms with Crippen LogP contribution < -0.4 is 0 Å². The molecule has 17 nitrogen and oxygen atoms in total. The van der Waals surface area contributed by atoms with Gasteiger partial charge in [-0.2, -0.15) is 0 Å². The van der Waals surface area contributed by atoms with Gasteiger partial charge in [0.25, 0.3) is 0 Å². The topological polar surface area (TPSA) is 237 Å². The molecule has 111 heavy (non-hydrogen) atoms. The molecular formula is C92H176O17P2. The standard InChI is InChI=1S/C92H176O17P2/c1-7-10-12-14-16-18-20-22-24-25-26-27-28-29-33-37-40-44-50-56-62-68-74-89(94)102-80-87(108-92(97)77-71-65-59-52-46-42-38-34-31-30-32-36-39-43-49-55-61-67-73-85(6)9-3)82-106-110(98,99)104-78-86(93)79-105-111(100,101)107-83-88(81-103-90(95)75-69-63-57-53-47-48-54-60-66-72-84(4)5)109-91(96)76-70-64-58-51-45-41-35-23-21-19-17-15-13-11-8-2/h19,21,23,35,84-88,93H,7-18,20,22,24-34,36-83H2,1-6H3,(H,98,99)(H,100,101)/b21-19-,35-23-/t85?,86-,87-,88-/m1/s1. The molecule has 0 saturated heterocycles. The van der Waals surface area contributed by atoms with Crippen LogP contribution in [0.1, 0.15) is 472 Å². The number of ether oxygens (including phenoxy) is 4. The number of phosphoric acid groups is 2. The molecule has 656 valence electrons. The molecule has 0 aromatic carbocycles. The molecule has 0 saturated carbocycles. The van der Waals surface area contributed by atoms with Gasteiger partial charge in [0.05, 0.1) is 26.4 Å². The van der Waals surface area contributed by atoms with E-state index in [-0.39, 0.29) is 25.7 Å². The van der Waals surface area contributed by atoms with Crippen LogP contribution in [0.15, 0.2) is 24.3 Å². The summed E-state index contributed by atoms with van der Waals surface area (Å²) in [5, 5.41) is 10.7. The van der Waals surface area contributed by atoms with E-state index in [4.69, 9.17) is 37.0 Å². The second kappa shape index (κ2) is 82.6. The average Bonchev–Trinajstić information content (AvgIpc) is 0.888. The highest BCUT2D eigenvalue weighted by molar-refractivity contribution is 7.47. The van der Waals surface area contributed by atoms with Gasteiger partial charge in [-0.05, 0) is 63.2 Å². The van der Waals surface area contributed by atoms with Crippen molar-refractivity contribution < 1.29 is 80.2 Å². The predicted octanol–water partition coefficient (Wildman–Crippen LogP) is 28.1. The smallest absolute Gasteiger partial charge is 0.462 e. The third-order valence-corrected chi connectivity index (χ3v) is 23.3. The van der Waals surface area contributed by atoms with Gasteiger partial charge in [0, 0.05) is 25.7 Å². The van der Waals surface area contributed by atoms with Gasteiger partial charge in [-0.15, -0.1) is 0 Å². The third-order valence-electron chi connectivity index (χ3n) is 21.4. The maximum atomic E-state index is 13.2. The fourth-order valence-electron chi connectivity index (χ4n) is 13.9. The summed E-state index contributed by atoms with van der Waals surface area (Å²) in [6.45, 7) is 9.68. The molecule has 0 aromatic rings. The molecule has 0 bridgehead atoms. The Bertz CT molecular complexity index is 2210. The lowest BCUT2D eigenvalue weighted by molar-refractivity contribution is -0.161. The van der Waals surface area contributed by atoms with E-state index in [0.29, 0.717) is 25.7 Å². The fraction of sp³-hybridized carbons (Fsp3) is 0.913. The van der Waals surface area contributed by atoms with Gasteiger partial charge in [-0.25, -0.2) is 9.13 Å². The van der Waals surface area contributed by atoms with Gasteiger partial charge < -0.3 is 33.8 Å². The monoisotopic (exact) mass is 1620 g/mol. The molecular weight excluding hydrogens is 1440 g/mol. The molecule has 0 fully saturated rings. The zero-order valence-corrected chi connectivity index (χ0v) is 74.6. The van der Waals surface area contributed by atoms with Crippen molar-refractivity contribution in [2.75, 3.05) is 39.6 Å². The number of aliphatic hydroxyl groups excluding tert-OH is 1. The Morgan fingerprint density at radius 1 is 0.297 bits per heavy atom. The van der Waals surface area contributed by atoms with Gasteiger partial charge >= 0.3 is 39.5 Å². The first-order valence-electron chi connectivity index (χ1n) is 46.8. The van der Waals surface area contributed by atoms with Crippen molar-refractivity contribution in [3.8, 4) is 0 Å². The zero-order valence-electron chi connectivity index (χ0n) is 72.8. The first-order valence-corrected chi connectivity index (χ1v) is 49.8. The van der Waals surface area contributed by atoms with Crippen LogP contribution in [0.3, 0.4) is 0 Å². The summed E-state index contributed by atoms with van der Waals surface area (Å²) in [4.78, 5) is 73.4. The van der Waals surface area contributed by atoms with Gasteiger partial charge in [-0.3, -0.25) is 37.3 Å². The third kappa shape index (κ3) is 83.8. The van der Waals surface area contributed by atoms with Crippen LogP contribution >= 0.6 is 15.6 Å². The summed E-state index contributed by atoms with van der Waals surface area (Å²) < 4.78 is 69.0. The van der Waals surface area contributed by atoms with Gasteiger partial charge in [0.2, 0.25) is 0 Å². The Morgan fingerprint density at radius 2 is 0.532 bits per heavy atom. The van der Waals surface area contributed by atoms with Gasteiger partial charge in [-0.1, -0.05) is 419 Å². The van der Waals surface area contributed by atoms with E-state index in [1.807, 2.05) is 0 Å². The number of esters is 4. The molecule has 6 atom stereocenters. The number of unbranched alkanes of at least 4 members (excludes halogenated alkanes) is 55. The Kier molecular flexibility index (Phi) is 80.8. The Balaban J connectivity index is 5.26. The summed E-state index contributed by atoms with van der Waals surface area (Å²) in [6, 6.07) is 0. The van der Waals surface area contributed by atoms with Gasteiger partial charge in [0.15, 0.2) is 12.2 Å². The Hall–Kier alpha value is -2.46. The molecule has 0 radical (unpaired) electrons. The predicted molar refractivity (Wildman–Crippen MR) is 460 cm³/mol. The molecule has 0 aliphatic carbocycles. The average molecular weight is 1620 g/mol. The van der Waals surface area contributed by atoms with E-state index < -0.39 is 97.5 Å². The number of phosphoric ester groups is 2. The largest absolute Gasteiger partial charge is 0.472 e. The van der Waals surface area contributed by atoms with E-state index in [1.54, 1.807) is 0 Å². The number of rotatable bonds is 89. The molecule has 0 aromatic heterocycles. The maximum absolute atomic E-state index is 13.2. The highest BCUT2D eigenvalue weighted by Crippen LogP contribution is 2.45. The van der Waals surface area contributed by atoms with E-state index in [1.165, 1.54) is 276 Å². The van der Waals surface area contributed by atoms with Crippen molar-refractivity contribution in [1.82, 2.24) is 0 Å². The van der Waals surface area contributed by atoms with E-state index in [9.17, 15) is 43.2 Å². The lowest BCUT2D eigenvalue weighted by atomic mass is 9.99. The minimum atomic E-state index is -4.97. The van der Waals surface area contributed by atoms with Crippen LogP contribution in [0.4, 0.5) is 0 Å². The molecule has 3 N–H and O–H groups in total.